The van der Waals surface area contributed by atoms with Crippen LogP contribution in [-0.2, 0) is 13.1 Å². The minimum absolute atomic E-state index is 0.213. The summed E-state index contributed by atoms with van der Waals surface area (Å²) in [4.78, 5) is 2.10. The van der Waals surface area contributed by atoms with Crippen molar-refractivity contribution < 1.29 is 4.39 Å². The highest BCUT2D eigenvalue weighted by Crippen LogP contribution is 2.23. The third-order valence-corrected chi connectivity index (χ3v) is 3.36. The molecule has 0 spiro atoms. The quantitative estimate of drug-likeness (QED) is 0.901. The summed E-state index contributed by atoms with van der Waals surface area (Å²) in [6.45, 7) is 1.36. The first kappa shape index (κ1) is 14.8. The van der Waals surface area contributed by atoms with Crippen molar-refractivity contribution in [2.24, 2.45) is 0 Å². The molecule has 0 fully saturated rings. The van der Waals surface area contributed by atoms with Gasteiger partial charge in [-0.1, -0.05) is 23.7 Å². The lowest BCUT2D eigenvalue weighted by atomic mass is 10.1. The Labute approximate surface area is 124 Å². The molecule has 0 aliphatic heterocycles. The monoisotopic (exact) mass is 292 g/mol. The van der Waals surface area contributed by atoms with E-state index in [0.29, 0.717) is 6.54 Å². The maximum absolute atomic E-state index is 13.3. The van der Waals surface area contributed by atoms with Gasteiger partial charge >= 0.3 is 0 Å². The molecule has 0 radical (unpaired) electrons. The fraction of sp³-hybridized carbons (Fsp3) is 0.250. The first-order chi connectivity index (χ1) is 9.60. The molecule has 0 unspecified atom stereocenters. The number of hydrogen-bond acceptors (Lipinski definition) is 2. The SMILES string of the molecule is CNCc1cc(F)ccc1N(C)Cc1cccc(Cl)c1. The van der Waals surface area contributed by atoms with Gasteiger partial charge in [-0.2, -0.15) is 0 Å². The summed E-state index contributed by atoms with van der Waals surface area (Å²) in [6, 6.07) is 12.6. The van der Waals surface area contributed by atoms with Gasteiger partial charge in [0.25, 0.3) is 0 Å². The number of benzene rings is 2. The van der Waals surface area contributed by atoms with E-state index in [9.17, 15) is 4.39 Å². The normalized spacial score (nSPS) is 10.6. The highest BCUT2D eigenvalue weighted by atomic mass is 35.5. The lowest BCUT2D eigenvalue weighted by Crippen LogP contribution is -2.19. The number of rotatable bonds is 5. The molecular formula is C16H18ClFN2. The number of anilines is 1. The van der Waals surface area contributed by atoms with Gasteiger partial charge < -0.3 is 10.2 Å². The van der Waals surface area contributed by atoms with Crippen LogP contribution >= 0.6 is 11.6 Å². The maximum Gasteiger partial charge on any atom is 0.123 e. The van der Waals surface area contributed by atoms with Gasteiger partial charge in [0, 0.05) is 30.8 Å². The van der Waals surface area contributed by atoms with Gasteiger partial charge in [-0.05, 0) is 48.5 Å². The molecule has 20 heavy (non-hydrogen) atoms. The lowest BCUT2D eigenvalue weighted by Gasteiger charge is -2.23. The molecule has 0 saturated heterocycles. The summed E-state index contributed by atoms with van der Waals surface area (Å²) in [5.41, 5.74) is 3.08. The minimum atomic E-state index is -0.213. The molecule has 0 heterocycles. The van der Waals surface area contributed by atoms with Crippen LogP contribution in [0.25, 0.3) is 0 Å². The van der Waals surface area contributed by atoms with E-state index < -0.39 is 0 Å². The first-order valence-electron chi connectivity index (χ1n) is 6.49. The number of nitrogens with zero attached hydrogens (tertiary/aromatic N) is 1. The van der Waals surface area contributed by atoms with Crippen LogP contribution in [-0.4, -0.2) is 14.1 Å². The van der Waals surface area contributed by atoms with E-state index in [1.54, 1.807) is 6.07 Å². The van der Waals surface area contributed by atoms with Gasteiger partial charge in [0.1, 0.15) is 5.82 Å². The van der Waals surface area contributed by atoms with Gasteiger partial charge in [0.15, 0.2) is 0 Å². The van der Waals surface area contributed by atoms with Crippen LogP contribution in [0.4, 0.5) is 10.1 Å². The maximum atomic E-state index is 13.3. The van der Waals surface area contributed by atoms with Crippen LogP contribution in [0.5, 0.6) is 0 Å². The third kappa shape index (κ3) is 3.71. The standard InChI is InChI=1S/C16H18ClFN2/c1-19-10-13-9-15(18)6-7-16(13)20(2)11-12-4-3-5-14(17)8-12/h3-9,19H,10-11H2,1-2H3. The Balaban J connectivity index is 2.22. The van der Waals surface area contributed by atoms with E-state index in [-0.39, 0.29) is 5.82 Å². The van der Waals surface area contributed by atoms with Crippen molar-refractivity contribution in [3.8, 4) is 0 Å². The first-order valence-corrected chi connectivity index (χ1v) is 6.86. The summed E-state index contributed by atoms with van der Waals surface area (Å²) < 4.78 is 13.3. The predicted molar refractivity (Wildman–Crippen MR) is 82.7 cm³/mol. The van der Waals surface area contributed by atoms with Crippen molar-refractivity contribution in [1.29, 1.82) is 0 Å². The zero-order valence-corrected chi connectivity index (χ0v) is 12.4. The van der Waals surface area contributed by atoms with Gasteiger partial charge in [0.05, 0.1) is 0 Å². The van der Waals surface area contributed by atoms with E-state index in [2.05, 4.69) is 10.2 Å². The third-order valence-electron chi connectivity index (χ3n) is 3.13. The Bertz CT molecular complexity index is 586. The Morgan fingerprint density at radius 2 is 2.00 bits per heavy atom. The molecule has 106 valence electrons. The second-order valence-corrected chi connectivity index (χ2v) is 5.23. The Morgan fingerprint density at radius 3 is 2.70 bits per heavy atom. The van der Waals surface area contributed by atoms with Crippen LogP contribution in [0.3, 0.4) is 0 Å². The summed E-state index contributed by atoms with van der Waals surface area (Å²) in [6.07, 6.45) is 0. The zero-order valence-electron chi connectivity index (χ0n) is 11.7. The van der Waals surface area contributed by atoms with Crippen molar-refractivity contribution in [2.45, 2.75) is 13.1 Å². The van der Waals surface area contributed by atoms with Crippen molar-refractivity contribution in [3.05, 3.63) is 64.4 Å². The lowest BCUT2D eigenvalue weighted by molar-refractivity contribution is 0.623. The predicted octanol–water partition coefficient (Wildman–Crippen LogP) is 3.83. The van der Waals surface area contributed by atoms with Gasteiger partial charge in [0.2, 0.25) is 0 Å². The van der Waals surface area contributed by atoms with E-state index >= 15 is 0 Å². The topological polar surface area (TPSA) is 15.3 Å². The molecule has 4 heteroatoms. The molecule has 0 aromatic heterocycles. The Hall–Kier alpha value is -1.58. The second-order valence-electron chi connectivity index (χ2n) is 4.79. The summed E-state index contributed by atoms with van der Waals surface area (Å²) in [5.74, 6) is -0.213. The molecule has 1 N–H and O–H groups in total. The van der Waals surface area contributed by atoms with Crippen molar-refractivity contribution in [1.82, 2.24) is 5.32 Å². The number of hydrogen-bond donors (Lipinski definition) is 1. The molecule has 0 bridgehead atoms. The van der Waals surface area contributed by atoms with Crippen LogP contribution in [0.15, 0.2) is 42.5 Å². The van der Waals surface area contributed by atoms with Gasteiger partial charge in [-0.25, -0.2) is 4.39 Å². The van der Waals surface area contributed by atoms with Crippen LogP contribution in [0, 0.1) is 5.82 Å². The highest BCUT2D eigenvalue weighted by Gasteiger charge is 2.09. The van der Waals surface area contributed by atoms with E-state index in [4.69, 9.17) is 11.6 Å². The average Bonchev–Trinajstić information content (AvgIpc) is 2.39. The summed E-state index contributed by atoms with van der Waals surface area (Å²) in [7, 11) is 3.85. The largest absolute Gasteiger partial charge is 0.370 e. The fourth-order valence-electron chi connectivity index (χ4n) is 2.25. The number of halogens is 2. The van der Waals surface area contributed by atoms with Crippen LogP contribution < -0.4 is 10.2 Å². The Morgan fingerprint density at radius 1 is 1.20 bits per heavy atom. The summed E-state index contributed by atoms with van der Waals surface area (Å²) in [5, 5.41) is 3.79. The summed E-state index contributed by atoms with van der Waals surface area (Å²) >= 11 is 6.00. The van der Waals surface area contributed by atoms with Crippen molar-refractivity contribution in [3.63, 3.8) is 0 Å². The molecular weight excluding hydrogens is 275 g/mol. The molecule has 0 amide bonds. The van der Waals surface area contributed by atoms with E-state index in [0.717, 1.165) is 28.4 Å². The van der Waals surface area contributed by atoms with E-state index in [1.807, 2.05) is 44.4 Å². The molecule has 0 saturated carbocycles. The molecule has 2 rings (SSSR count). The minimum Gasteiger partial charge on any atom is -0.370 e. The van der Waals surface area contributed by atoms with Crippen LogP contribution in [0.2, 0.25) is 5.02 Å². The van der Waals surface area contributed by atoms with Crippen molar-refractivity contribution in [2.75, 3.05) is 19.0 Å². The Kier molecular flexibility index (Phi) is 4.99. The molecule has 0 aliphatic carbocycles. The van der Waals surface area contributed by atoms with Gasteiger partial charge in [-0.15, -0.1) is 0 Å². The van der Waals surface area contributed by atoms with E-state index in [1.165, 1.54) is 6.07 Å². The zero-order chi connectivity index (χ0) is 14.5. The molecule has 2 aromatic carbocycles. The second kappa shape index (κ2) is 6.73. The average molecular weight is 293 g/mol. The molecule has 0 atom stereocenters. The fourth-order valence-corrected chi connectivity index (χ4v) is 2.47. The van der Waals surface area contributed by atoms with Gasteiger partial charge in [-0.3, -0.25) is 0 Å². The van der Waals surface area contributed by atoms with Crippen LogP contribution in [0.1, 0.15) is 11.1 Å². The molecule has 2 nitrogen and oxygen atoms in total. The molecule has 0 aliphatic rings. The molecule has 2 aromatic rings. The number of nitrogens with one attached hydrogen (secondary N) is 1. The highest BCUT2D eigenvalue weighted by molar-refractivity contribution is 6.30. The smallest absolute Gasteiger partial charge is 0.123 e. The van der Waals surface area contributed by atoms with Crippen molar-refractivity contribution >= 4 is 17.3 Å².